The van der Waals surface area contributed by atoms with Crippen LogP contribution in [0.5, 0.6) is 0 Å². The number of carbonyl (C=O) groups excluding carboxylic acids is 1. The molecule has 1 amide bonds. The molecule has 0 aliphatic heterocycles. The molecule has 0 spiro atoms. The largest absolute Gasteiger partial charge is 0.416 e. The summed E-state index contributed by atoms with van der Waals surface area (Å²) in [6.07, 6.45) is -3.26. The average molecular weight is 394 g/mol. The number of hydrogen-bond acceptors (Lipinski definition) is 3. The molecule has 0 atom stereocenters. The fourth-order valence-electron chi connectivity index (χ4n) is 2.67. The summed E-state index contributed by atoms with van der Waals surface area (Å²) in [4.78, 5) is 32.3. The van der Waals surface area contributed by atoms with Crippen molar-refractivity contribution in [3.8, 4) is 0 Å². The number of aryl methyl sites for hydroxylation is 1. The molecule has 3 aromatic rings. The number of hydrogen-bond donors (Lipinski definition) is 2. The zero-order valence-corrected chi connectivity index (χ0v) is 14.5. The zero-order valence-electron chi connectivity index (χ0n) is 14.5. The van der Waals surface area contributed by atoms with Crippen molar-refractivity contribution >= 4 is 16.8 Å². The molecule has 9 heteroatoms. The third-order valence-electron chi connectivity index (χ3n) is 4.08. The summed E-state index contributed by atoms with van der Waals surface area (Å²) >= 11 is 0. The molecular weight excluding hydrogens is 380 g/mol. The lowest BCUT2D eigenvalue weighted by Gasteiger charge is -2.09. The summed E-state index contributed by atoms with van der Waals surface area (Å²) < 4.78 is 51.1. The van der Waals surface area contributed by atoms with Crippen LogP contribution in [0.15, 0.2) is 47.4 Å². The summed E-state index contributed by atoms with van der Waals surface area (Å²) in [6.45, 7) is 1.41. The highest BCUT2D eigenvalue weighted by Gasteiger charge is 2.29. The first-order chi connectivity index (χ1) is 13.2. The van der Waals surface area contributed by atoms with Gasteiger partial charge in [0, 0.05) is 11.6 Å². The Morgan fingerprint density at radius 2 is 1.86 bits per heavy atom. The second-order valence-electron chi connectivity index (χ2n) is 6.09. The Labute approximate surface area is 155 Å². The number of pyridine rings is 1. The highest BCUT2D eigenvalue weighted by molar-refractivity contribution is 5.96. The van der Waals surface area contributed by atoms with E-state index in [9.17, 15) is 27.2 Å². The van der Waals surface area contributed by atoms with E-state index in [4.69, 9.17) is 4.84 Å². The van der Waals surface area contributed by atoms with Gasteiger partial charge in [0.1, 0.15) is 11.4 Å². The number of nitrogens with one attached hydrogen (secondary N) is 2. The molecule has 5 nitrogen and oxygen atoms in total. The van der Waals surface area contributed by atoms with Crippen molar-refractivity contribution in [2.24, 2.45) is 0 Å². The van der Waals surface area contributed by atoms with E-state index in [-0.39, 0.29) is 17.6 Å². The molecule has 0 saturated carbocycles. The van der Waals surface area contributed by atoms with Gasteiger partial charge in [-0.05, 0) is 42.3 Å². The van der Waals surface area contributed by atoms with Gasteiger partial charge >= 0.3 is 6.18 Å². The summed E-state index contributed by atoms with van der Waals surface area (Å²) in [5.41, 5.74) is 1.60. The molecule has 0 unspecified atom stereocenters. The molecule has 0 bridgehead atoms. The standard InChI is InChI=1S/C19H14F4N2O3/c1-10-6-13(20)7-14-16(10)24-8-15(17(14)26)18(27)25-28-9-11-2-4-12(5-3-11)19(21,22)23/h2-8H,9H2,1H3,(H,24,26)(H,25,27). The van der Waals surface area contributed by atoms with Crippen LogP contribution in [0.4, 0.5) is 17.6 Å². The number of rotatable bonds is 4. The monoisotopic (exact) mass is 394 g/mol. The fourth-order valence-corrected chi connectivity index (χ4v) is 2.67. The summed E-state index contributed by atoms with van der Waals surface area (Å²) in [5, 5.41) is 0.0212. The predicted molar refractivity (Wildman–Crippen MR) is 93.0 cm³/mol. The number of aromatic nitrogens is 1. The summed E-state index contributed by atoms with van der Waals surface area (Å²) in [6, 6.07) is 6.50. The number of amides is 1. The third kappa shape index (κ3) is 4.04. The van der Waals surface area contributed by atoms with E-state index >= 15 is 0 Å². The number of carbonyl (C=O) groups is 1. The highest BCUT2D eigenvalue weighted by atomic mass is 19.4. The van der Waals surface area contributed by atoms with Crippen molar-refractivity contribution in [2.45, 2.75) is 19.7 Å². The lowest BCUT2D eigenvalue weighted by molar-refractivity contribution is -0.137. The van der Waals surface area contributed by atoms with Crippen LogP contribution in [0, 0.1) is 12.7 Å². The SMILES string of the molecule is Cc1cc(F)cc2c(=O)c(C(=O)NOCc3ccc(C(F)(F)F)cc3)c[nH]c12. The van der Waals surface area contributed by atoms with Gasteiger partial charge in [-0.25, -0.2) is 9.87 Å². The normalized spacial score (nSPS) is 11.6. The van der Waals surface area contributed by atoms with Gasteiger partial charge in [0.2, 0.25) is 5.43 Å². The molecular formula is C19H14F4N2O3. The number of aromatic amines is 1. The Morgan fingerprint density at radius 1 is 1.18 bits per heavy atom. The van der Waals surface area contributed by atoms with E-state index in [0.29, 0.717) is 16.6 Å². The van der Waals surface area contributed by atoms with Crippen LogP contribution >= 0.6 is 0 Å². The van der Waals surface area contributed by atoms with Gasteiger partial charge in [0.05, 0.1) is 17.7 Å². The van der Waals surface area contributed by atoms with Crippen LogP contribution in [0.25, 0.3) is 10.9 Å². The fraction of sp³-hybridized carbons (Fsp3) is 0.158. The van der Waals surface area contributed by atoms with Gasteiger partial charge in [0.15, 0.2) is 0 Å². The topological polar surface area (TPSA) is 71.2 Å². The van der Waals surface area contributed by atoms with E-state index in [0.717, 1.165) is 18.2 Å². The van der Waals surface area contributed by atoms with E-state index in [1.807, 2.05) is 0 Å². The molecule has 146 valence electrons. The van der Waals surface area contributed by atoms with Crippen molar-refractivity contribution in [2.75, 3.05) is 0 Å². The first kappa shape index (κ1) is 19.6. The Bertz CT molecular complexity index is 1090. The van der Waals surface area contributed by atoms with Gasteiger partial charge in [0.25, 0.3) is 5.91 Å². The van der Waals surface area contributed by atoms with Gasteiger partial charge in [-0.1, -0.05) is 12.1 Å². The Kier molecular flexibility index (Phi) is 5.19. The van der Waals surface area contributed by atoms with Crippen LogP contribution in [0.2, 0.25) is 0 Å². The van der Waals surface area contributed by atoms with Gasteiger partial charge in [-0.2, -0.15) is 13.2 Å². The molecule has 0 radical (unpaired) electrons. The first-order valence-electron chi connectivity index (χ1n) is 8.06. The average Bonchev–Trinajstić information content (AvgIpc) is 2.62. The Balaban J connectivity index is 1.70. The van der Waals surface area contributed by atoms with E-state index < -0.39 is 28.9 Å². The number of hydroxylamine groups is 1. The van der Waals surface area contributed by atoms with Crippen molar-refractivity contribution in [3.63, 3.8) is 0 Å². The molecule has 3 rings (SSSR count). The highest BCUT2D eigenvalue weighted by Crippen LogP contribution is 2.29. The zero-order chi connectivity index (χ0) is 20.5. The maximum atomic E-state index is 13.6. The number of H-pyrrole nitrogens is 1. The Hall–Kier alpha value is -3.20. The minimum absolute atomic E-state index is 0.0212. The number of benzene rings is 2. The second kappa shape index (κ2) is 7.43. The van der Waals surface area contributed by atoms with Crippen LogP contribution in [0.3, 0.4) is 0 Å². The number of fused-ring (bicyclic) bond motifs is 1. The third-order valence-corrected chi connectivity index (χ3v) is 4.08. The van der Waals surface area contributed by atoms with Crippen molar-refractivity contribution < 1.29 is 27.2 Å². The predicted octanol–water partition coefficient (Wildman–Crippen LogP) is 3.86. The molecule has 1 heterocycles. The van der Waals surface area contributed by atoms with Crippen LogP contribution in [-0.4, -0.2) is 10.9 Å². The summed E-state index contributed by atoms with van der Waals surface area (Å²) in [7, 11) is 0. The molecule has 1 aromatic heterocycles. The van der Waals surface area contributed by atoms with Gasteiger partial charge in [-0.15, -0.1) is 0 Å². The minimum atomic E-state index is -4.44. The van der Waals surface area contributed by atoms with Gasteiger partial charge < -0.3 is 4.98 Å². The van der Waals surface area contributed by atoms with Crippen molar-refractivity contribution in [1.29, 1.82) is 0 Å². The molecule has 0 fully saturated rings. The second-order valence-corrected chi connectivity index (χ2v) is 6.09. The van der Waals surface area contributed by atoms with Crippen molar-refractivity contribution in [3.05, 3.63) is 80.9 Å². The molecule has 2 N–H and O–H groups in total. The number of alkyl halides is 3. The lowest BCUT2D eigenvalue weighted by Crippen LogP contribution is -2.29. The smallest absolute Gasteiger partial charge is 0.360 e. The van der Waals surface area contributed by atoms with E-state index in [1.165, 1.54) is 24.4 Å². The quantitative estimate of drug-likeness (QED) is 0.522. The summed E-state index contributed by atoms with van der Waals surface area (Å²) in [5.74, 6) is -1.47. The molecule has 28 heavy (non-hydrogen) atoms. The van der Waals surface area contributed by atoms with E-state index in [1.54, 1.807) is 6.92 Å². The van der Waals surface area contributed by atoms with Crippen LogP contribution in [-0.2, 0) is 17.6 Å². The molecule has 0 aliphatic rings. The number of halogens is 4. The van der Waals surface area contributed by atoms with Gasteiger partial charge in [-0.3, -0.25) is 14.4 Å². The molecule has 0 saturated heterocycles. The molecule has 2 aromatic carbocycles. The van der Waals surface area contributed by atoms with Crippen LogP contribution < -0.4 is 10.9 Å². The maximum Gasteiger partial charge on any atom is 0.416 e. The minimum Gasteiger partial charge on any atom is -0.360 e. The van der Waals surface area contributed by atoms with Crippen LogP contribution in [0.1, 0.15) is 27.0 Å². The first-order valence-corrected chi connectivity index (χ1v) is 8.06. The van der Waals surface area contributed by atoms with E-state index in [2.05, 4.69) is 10.5 Å². The molecule has 0 aliphatic carbocycles. The maximum absolute atomic E-state index is 13.6. The Morgan fingerprint density at radius 3 is 2.50 bits per heavy atom. The lowest BCUT2D eigenvalue weighted by atomic mass is 10.1. The van der Waals surface area contributed by atoms with Crippen molar-refractivity contribution in [1.82, 2.24) is 10.5 Å².